The number of hydrogen-bond donors (Lipinski definition) is 1. The molecule has 24 heavy (non-hydrogen) atoms. The molecular weight excluding hydrogens is 304 g/mol. The van der Waals surface area contributed by atoms with E-state index in [2.05, 4.69) is 24.4 Å². The summed E-state index contributed by atoms with van der Waals surface area (Å²) in [5, 5.41) is 2.95. The maximum Gasteiger partial charge on any atom is 0.234 e. The fraction of sp³-hybridized carbons (Fsp3) is 0.316. The molecule has 1 aliphatic heterocycles. The van der Waals surface area contributed by atoms with Crippen LogP contribution in [0.15, 0.2) is 48.5 Å². The third kappa shape index (κ3) is 3.86. The highest BCUT2D eigenvalue weighted by molar-refractivity contribution is 5.78. The van der Waals surface area contributed by atoms with Crippen LogP contribution >= 0.6 is 0 Å². The highest BCUT2D eigenvalue weighted by atomic mass is 16.7. The minimum Gasteiger partial charge on any atom is -0.454 e. The topological polar surface area (TPSA) is 50.8 Å². The van der Waals surface area contributed by atoms with Crippen molar-refractivity contribution in [3.8, 4) is 11.5 Å². The van der Waals surface area contributed by atoms with Gasteiger partial charge in [-0.05, 0) is 37.2 Å². The van der Waals surface area contributed by atoms with Crippen molar-refractivity contribution in [2.24, 2.45) is 0 Å². The van der Waals surface area contributed by atoms with Crippen LogP contribution < -0.4 is 14.8 Å². The Labute approximate surface area is 142 Å². The molecule has 2 aromatic rings. The molecule has 0 aliphatic carbocycles. The third-order valence-corrected chi connectivity index (χ3v) is 4.26. The summed E-state index contributed by atoms with van der Waals surface area (Å²) in [5.74, 6) is 1.48. The maximum absolute atomic E-state index is 12.2. The summed E-state index contributed by atoms with van der Waals surface area (Å²) in [6, 6.07) is 16.1. The van der Waals surface area contributed by atoms with E-state index in [9.17, 15) is 4.79 Å². The second-order valence-corrected chi connectivity index (χ2v) is 5.97. The summed E-state index contributed by atoms with van der Waals surface area (Å²) >= 11 is 0. The second kappa shape index (κ2) is 7.36. The van der Waals surface area contributed by atoms with Crippen LogP contribution in [0.3, 0.4) is 0 Å². The van der Waals surface area contributed by atoms with Crippen molar-refractivity contribution in [2.45, 2.75) is 19.5 Å². The average Bonchev–Trinajstić information content (AvgIpc) is 3.07. The first kappa shape index (κ1) is 16.3. The highest BCUT2D eigenvalue weighted by Gasteiger charge is 2.16. The summed E-state index contributed by atoms with van der Waals surface area (Å²) in [6.45, 7) is 3.18. The summed E-state index contributed by atoms with van der Waals surface area (Å²) in [4.78, 5) is 14.2. The molecule has 0 radical (unpaired) electrons. The smallest absolute Gasteiger partial charge is 0.234 e. The molecule has 0 bridgehead atoms. The van der Waals surface area contributed by atoms with Gasteiger partial charge in [0.15, 0.2) is 11.5 Å². The molecule has 1 heterocycles. The summed E-state index contributed by atoms with van der Waals surface area (Å²) in [6.07, 6.45) is 0. The number of carbonyl (C=O) groups is 1. The molecule has 5 heteroatoms. The van der Waals surface area contributed by atoms with E-state index in [1.54, 1.807) is 0 Å². The van der Waals surface area contributed by atoms with E-state index >= 15 is 0 Å². The van der Waals surface area contributed by atoms with Crippen LogP contribution in [0, 0.1) is 0 Å². The molecule has 0 aromatic heterocycles. The summed E-state index contributed by atoms with van der Waals surface area (Å²) in [7, 11) is 1.96. The second-order valence-electron chi connectivity index (χ2n) is 5.97. The standard InChI is InChI=1S/C19H22N2O3/c1-14(16-6-4-3-5-7-16)21(2)12-19(22)20-11-15-8-9-17-18(10-15)24-13-23-17/h3-10,14H,11-13H2,1-2H3,(H,20,22). The molecule has 1 N–H and O–H groups in total. The van der Waals surface area contributed by atoms with E-state index in [0.717, 1.165) is 17.1 Å². The fourth-order valence-electron chi connectivity index (χ4n) is 2.66. The number of amides is 1. The minimum absolute atomic E-state index is 0.00190. The lowest BCUT2D eigenvalue weighted by Crippen LogP contribution is -2.36. The number of carbonyl (C=O) groups excluding carboxylic acids is 1. The van der Waals surface area contributed by atoms with Crippen LogP contribution in [0.2, 0.25) is 0 Å². The quantitative estimate of drug-likeness (QED) is 0.887. The number of ether oxygens (including phenoxy) is 2. The van der Waals surface area contributed by atoms with Gasteiger partial charge in [0.1, 0.15) is 0 Å². The average molecular weight is 326 g/mol. The van der Waals surface area contributed by atoms with Gasteiger partial charge in [0.2, 0.25) is 12.7 Å². The summed E-state index contributed by atoms with van der Waals surface area (Å²) in [5.41, 5.74) is 2.19. The molecule has 2 aromatic carbocycles. The van der Waals surface area contributed by atoms with Gasteiger partial charge in [-0.25, -0.2) is 0 Å². The Morgan fingerprint density at radius 1 is 1.17 bits per heavy atom. The van der Waals surface area contributed by atoms with Crippen LogP contribution in [0.1, 0.15) is 24.1 Å². The van der Waals surface area contributed by atoms with Crippen LogP contribution in [0.25, 0.3) is 0 Å². The Kier molecular flexibility index (Phi) is 5.01. The van der Waals surface area contributed by atoms with Gasteiger partial charge in [0.25, 0.3) is 0 Å². The first-order chi connectivity index (χ1) is 11.6. The van der Waals surface area contributed by atoms with E-state index in [4.69, 9.17) is 9.47 Å². The molecule has 0 spiro atoms. The van der Waals surface area contributed by atoms with Gasteiger partial charge >= 0.3 is 0 Å². The highest BCUT2D eigenvalue weighted by Crippen LogP contribution is 2.32. The Bertz CT molecular complexity index is 703. The van der Waals surface area contributed by atoms with E-state index in [-0.39, 0.29) is 18.7 Å². The molecule has 3 rings (SSSR count). The number of nitrogens with one attached hydrogen (secondary N) is 1. The zero-order chi connectivity index (χ0) is 16.9. The molecule has 126 valence electrons. The molecule has 1 amide bonds. The van der Waals surface area contributed by atoms with E-state index in [1.165, 1.54) is 5.56 Å². The lowest BCUT2D eigenvalue weighted by molar-refractivity contribution is -0.122. The Hall–Kier alpha value is -2.53. The number of fused-ring (bicyclic) bond motifs is 1. The van der Waals surface area contributed by atoms with E-state index < -0.39 is 0 Å². The molecule has 5 nitrogen and oxygen atoms in total. The summed E-state index contributed by atoms with van der Waals surface area (Å²) < 4.78 is 10.6. The largest absolute Gasteiger partial charge is 0.454 e. The number of rotatable bonds is 6. The van der Waals surface area contributed by atoms with Crippen LogP contribution in [0.4, 0.5) is 0 Å². The van der Waals surface area contributed by atoms with Gasteiger partial charge in [-0.2, -0.15) is 0 Å². The Balaban J connectivity index is 1.50. The lowest BCUT2D eigenvalue weighted by Gasteiger charge is -2.24. The molecule has 1 unspecified atom stereocenters. The zero-order valence-electron chi connectivity index (χ0n) is 14.0. The van der Waals surface area contributed by atoms with Gasteiger partial charge in [-0.15, -0.1) is 0 Å². The first-order valence-corrected chi connectivity index (χ1v) is 8.04. The molecule has 0 saturated carbocycles. The van der Waals surface area contributed by atoms with Crippen molar-refractivity contribution in [3.05, 3.63) is 59.7 Å². The Morgan fingerprint density at radius 2 is 1.92 bits per heavy atom. The number of nitrogens with zero attached hydrogens (tertiary/aromatic N) is 1. The minimum atomic E-state index is -0.00190. The van der Waals surface area contributed by atoms with Gasteiger partial charge in [-0.3, -0.25) is 9.69 Å². The Morgan fingerprint density at radius 3 is 2.71 bits per heavy atom. The SMILES string of the molecule is CC(c1ccccc1)N(C)CC(=O)NCc1ccc2c(c1)OCO2. The van der Waals surface area contributed by atoms with Crippen molar-refractivity contribution in [3.63, 3.8) is 0 Å². The molecule has 1 atom stereocenters. The third-order valence-electron chi connectivity index (χ3n) is 4.26. The molecular formula is C19H22N2O3. The predicted molar refractivity (Wildman–Crippen MR) is 91.9 cm³/mol. The monoisotopic (exact) mass is 326 g/mol. The van der Waals surface area contributed by atoms with Crippen molar-refractivity contribution < 1.29 is 14.3 Å². The fourth-order valence-corrected chi connectivity index (χ4v) is 2.66. The molecule has 1 aliphatic rings. The molecule has 0 fully saturated rings. The maximum atomic E-state index is 12.2. The van der Waals surface area contributed by atoms with Gasteiger partial charge < -0.3 is 14.8 Å². The first-order valence-electron chi connectivity index (χ1n) is 8.04. The van der Waals surface area contributed by atoms with Crippen molar-refractivity contribution in [1.29, 1.82) is 0 Å². The zero-order valence-corrected chi connectivity index (χ0v) is 14.0. The predicted octanol–water partition coefficient (Wildman–Crippen LogP) is 2.72. The van der Waals surface area contributed by atoms with Gasteiger partial charge in [0, 0.05) is 12.6 Å². The van der Waals surface area contributed by atoms with Crippen molar-refractivity contribution in [1.82, 2.24) is 10.2 Å². The van der Waals surface area contributed by atoms with Crippen LogP contribution in [0.5, 0.6) is 11.5 Å². The van der Waals surface area contributed by atoms with Crippen molar-refractivity contribution >= 4 is 5.91 Å². The van der Waals surface area contributed by atoms with Crippen LogP contribution in [-0.4, -0.2) is 31.2 Å². The van der Waals surface area contributed by atoms with Gasteiger partial charge in [-0.1, -0.05) is 36.4 Å². The normalized spacial score (nSPS) is 13.8. The lowest BCUT2D eigenvalue weighted by atomic mass is 10.1. The number of likely N-dealkylation sites (N-methyl/N-ethyl adjacent to an activating group) is 1. The van der Waals surface area contributed by atoms with E-state index in [1.807, 2.05) is 48.3 Å². The van der Waals surface area contributed by atoms with Gasteiger partial charge in [0.05, 0.1) is 6.54 Å². The number of benzene rings is 2. The van der Waals surface area contributed by atoms with Crippen molar-refractivity contribution in [2.75, 3.05) is 20.4 Å². The van der Waals surface area contributed by atoms with E-state index in [0.29, 0.717) is 13.1 Å². The molecule has 0 saturated heterocycles. The number of hydrogen-bond acceptors (Lipinski definition) is 4. The van der Waals surface area contributed by atoms with Crippen LogP contribution in [-0.2, 0) is 11.3 Å².